The Morgan fingerprint density at radius 3 is 1.71 bits per heavy atom. The third kappa shape index (κ3) is 4.69. The zero-order chi connectivity index (χ0) is 43.1. The minimum absolute atomic E-state index is 0.480. The van der Waals surface area contributed by atoms with E-state index >= 15 is 0 Å². The fourth-order valence-electron chi connectivity index (χ4n) is 12.2. The van der Waals surface area contributed by atoms with Crippen molar-refractivity contribution in [2.24, 2.45) is 0 Å². The number of para-hydroxylation sites is 1. The van der Waals surface area contributed by atoms with E-state index in [4.69, 9.17) is 0 Å². The Hall–Kier alpha value is -8.24. The molecule has 306 valence electrons. The van der Waals surface area contributed by atoms with Gasteiger partial charge in [0, 0.05) is 53.1 Å². The van der Waals surface area contributed by atoms with Crippen LogP contribution in [0.2, 0.25) is 0 Å². The van der Waals surface area contributed by atoms with Crippen LogP contribution in [0.1, 0.15) is 22.3 Å². The van der Waals surface area contributed by atoms with Gasteiger partial charge in [-0.1, -0.05) is 176 Å². The van der Waals surface area contributed by atoms with Crippen LogP contribution in [0.4, 0.5) is 17.1 Å². The maximum absolute atomic E-state index is 2.53. The van der Waals surface area contributed by atoms with E-state index in [9.17, 15) is 0 Å². The topological polar surface area (TPSA) is 8.17 Å². The lowest BCUT2D eigenvalue weighted by Gasteiger charge is -2.40. The number of hydrogen-bond acceptors (Lipinski definition) is 2. The minimum Gasteiger partial charge on any atom is -0.310 e. The highest BCUT2D eigenvalue weighted by Gasteiger charge is 2.50. The summed E-state index contributed by atoms with van der Waals surface area (Å²) in [7, 11) is 0. The molecule has 2 aliphatic rings. The van der Waals surface area contributed by atoms with Crippen molar-refractivity contribution in [2.45, 2.75) is 5.41 Å². The maximum Gasteiger partial charge on any atom is 0.0725 e. The van der Waals surface area contributed by atoms with Gasteiger partial charge in [0.2, 0.25) is 0 Å². The molecule has 66 heavy (non-hydrogen) atoms. The van der Waals surface area contributed by atoms with Crippen LogP contribution >= 0.6 is 11.3 Å². The molecule has 13 aromatic rings. The van der Waals surface area contributed by atoms with Gasteiger partial charge in [0.15, 0.2) is 0 Å². The third-order valence-corrected chi connectivity index (χ3v) is 15.9. The zero-order valence-corrected chi connectivity index (χ0v) is 36.6. The molecule has 0 radical (unpaired) electrons. The van der Waals surface area contributed by atoms with Crippen LogP contribution in [0.15, 0.2) is 231 Å². The van der Waals surface area contributed by atoms with Gasteiger partial charge >= 0.3 is 0 Å². The maximum atomic E-state index is 2.53. The summed E-state index contributed by atoms with van der Waals surface area (Å²) in [6.45, 7) is 0. The van der Waals surface area contributed by atoms with E-state index in [1.807, 2.05) is 11.3 Å². The van der Waals surface area contributed by atoms with Gasteiger partial charge in [-0.15, -0.1) is 11.3 Å². The molecule has 0 bridgehead atoms. The second kappa shape index (κ2) is 13.4. The predicted molar refractivity (Wildman–Crippen MR) is 280 cm³/mol. The Bertz CT molecular complexity index is 4150. The molecule has 2 aromatic heterocycles. The van der Waals surface area contributed by atoms with Crippen molar-refractivity contribution in [1.29, 1.82) is 0 Å². The number of rotatable bonds is 4. The highest BCUT2D eigenvalue weighted by atomic mass is 32.1. The Morgan fingerprint density at radius 1 is 0.348 bits per heavy atom. The first-order valence-electron chi connectivity index (χ1n) is 22.8. The number of benzene rings is 11. The average molecular weight is 855 g/mol. The van der Waals surface area contributed by atoms with Gasteiger partial charge < -0.3 is 9.47 Å². The lowest BCUT2D eigenvalue weighted by atomic mass is 9.61. The van der Waals surface area contributed by atoms with E-state index < -0.39 is 5.41 Å². The van der Waals surface area contributed by atoms with Gasteiger partial charge in [0.05, 0.1) is 27.8 Å². The minimum atomic E-state index is -0.480. The van der Waals surface area contributed by atoms with Gasteiger partial charge in [0.25, 0.3) is 0 Å². The molecular formula is C63H38N2S. The lowest BCUT2D eigenvalue weighted by Crippen LogP contribution is -2.31. The van der Waals surface area contributed by atoms with Gasteiger partial charge in [-0.3, -0.25) is 0 Å². The van der Waals surface area contributed by atoms with Crippen molar-refractivity contribution in [3.05, 3.63) is 253 Å². The Labute approximate surface area is 385 Å². The monoisotopic (exact) mass is 854 g/mol. The molecule has 2 nitrogen and oxygen atoms in total. The first-order valence-corrected chi connectivity index (χ1v) is 23.7. The average Bonchev–Trinajstić information content (AvgIpc) is 4.02. The van der Waals surface area contributed by atoms with Crippen LogP contribution in [0.5, 0.6) is 0 Å². The van der Waals surface area contributed by atoms with Crippen LogP contribution in [0.25, 0.3) is 91.5 Å². The smallest absolute Gasteiger partial charge is 0.0725 e. The van der Waals surface area contributed by atoms with E-state index in [0.29, 0.717) is 0 Å². The molecule has 0 atom stereocenters. The number of thiophene rings is 1. The number of anilines is 3. The molecule has 1 spiro atoms. The fourth-order valence-corrected chi connectivity index (χ4v) is 13.3. The molecule has 3 heteroatoms. The van der Waals surface area contributed by atoms with Crippen LogP contribution in [-0.4, -0.2) is 4.57 Å². The Morgan fingerprint density at radius 2 is 0.909 bits per heavy atom. The van der Waals surface area contributed by atoms with E-state index in [-0.39, 0.29) is 0 Å². The van der Waals surface area contributed by atoms with Crippen LogP contribution in [0.3, 0.4) is 0 Å². The molecule has 15 rings (SSSR count). The summed E-state index contributed by atoms with van der Waals surface area (Å²) in [5.74, 6) is 0. The first-order chi connectivity index (χ1) is 32.8. The number of fused-ring (bicyclic) bond motifs is 16. The number of aromatic nitrogens is 1. The largest absolute Gasteiger partial charge is 0.310 e. The molecule has 0 saturated heterocycles. The molecule has 0 aliphatic heterocycles. The van der Waals surface area contributed by atoms with E-state index in [1.165, 1.54) is 114 Å². The Balaban J connectivity index is 1.05. The second-order valence-corrected chi connectivity index (χ2v) is 19.0. The number of hydrogen-bond donors (Lipinski definition) is 0. The quantitative estimate of drug-likeness (QED) is 0.171. The fraction of sp³-hybridized carbons (Fsp3) is 0.0159. The summed E-state index contributed by atoms with van der Waals surface area (Å²) in [5.41, 5.74) is 17.0. The third-order valence-electron chi connectivity index (χ3n) is 14.8. The molecule has 0 fully saturated rings. The standard InChI is InChI=1S/C63H38N2S/c1-2-17-42-39(15-1)16-13-29-56(42)65-57-28-11-6-21-46(57)47-33-31-41(38-59(47)65)64(40-32-36-61-51(37-40)48-22-7-12-30-60(48)66-61)58-35-34-49-45-20-5-10-26-54(45)63(55-27-14-23-50(58)62(49)55)52-24-8-3-18-43(52)44-19-4-9-25-53(44)63/h1-38H. The van der Waals surface area contributed by atoms with Crippen LogP contribution in [0, 0.1) is 0 Å². The highest BCUT2D eigenvalue weighted by Crippen LogP contribution is 2.62. The van der Waals surface area contributed by atoms with Crippen molar-refractivity contribution in [3.8, 4) is 27.9 Å². The van der Waals surface area contributed by atoms with E-state index in [0.717, 1.165) is 17.1 Å². The Kier molecular flexibility index (Phi) is 7.34. The van der Waals surface area contributed by atoms with Gasteiger partial charge in [-0.05, 0) is 110 Å². The van der Waals surface area contributed by atoms with Crippen molar-refractivity contribution in [1.82, 2.24) is 4.57 Å². The summed E-state index contributed by atoms with van der Waals surface area (Å²) >= 11 is 1.87. The summed E-state index contributed by atoms with van der Waals surface area (Å²) in [6.07, 6.45) is 0. The predicted octanol–water partition coefficient (Wildman–Crippen LogP) is 17.3. The van der Waals surface area contributed by atoms with Crippen molar-refractivity contribution in [2.75, 3.05) is 4.90 Å². The first kappa shape index (κ1) is 36.1. The lowest BCUT2D eigenvalue weighted by molar-refractivity contribution is 0.773. The van der Waals surface area contributed by atoms with Gasteiger partial charge in [0.1, 0.15) is 0 Å². The number of nitrogens with zero attached hydrogens (tertiary/aromatic N) is 2. The van der Waals surface area contributed by atoms with Crippen molar-refractivity contribution in [3.63, 3.8) is 0 Å². The second-order valence-electron chi connectivity index (χ2n) is 17.9. The summed E-state index contributed by atoms with van der Waals surface area (Å²) < 4.78 is 5.08. The molecule has 2 heterocycles. The highest BCUT2D eigenvalue weighted by molar-refractivity contribution is 7.25. The molecule has 11 aromatic carbocycles. The molecule has 2 aliphatic carbocycles. The summed E-state index contributed by atoms with van der Waals surface area (Å²) in [5, 5.41) is 10.0. The van der Waals surface area contributed by atoms with Crippen molar-refractivity contribution >= 4 is 91.9 Å². The van der Waals surface area contributed by atoms with Crippen LogP contribution < -0.4 is 4.90 Å². The SMILES string of the molecule is c1ccc2c(c1)-c1ccccc1C21c2ccccc2-c2ccc(N(c3ccc4sc5ccccc5c4c3)c3ccc4c5ccccc5n(-c5cccc6ccccc56)c4c3)c3cccc1c23. The molecular weight excluding hydrogens is 817 g/mol. The molecule has 0 amide bonds. The normalized spacial score (nSPS) is 13.3. The summed E-state index contributed by atoms with van der Waals surface area (Å²) in [4.78, 5) is 2.53. The zero-order valence-electron chi connectivity index (χ0n) is 35.7. The van der Waals surface area contributed by atoms with E-state index in [2.05, 4.69) is 240 Å². The molecule has 0 N–H and O–H groups in total. The molecule has 0 unspecified atom stereocenters. The van der Waals surface area contributed by atoms with Crippen LogP contribution in [-0.2, 0) is 5.41 Å². The van der Waals surface area contributed by atoms with E-state index in [1.54, 1.807) is 0 Å². The molecule has 0 saturated carbocycles. The van der Waals surface area contributed by atoms with Crippen molar-refractivity contribution < 1.29 is 0 Å². The van der Waals surface area contributed by atoms with Gasteiger partial charge in [-0.25, -0.2) is 0 Å². The summed E-state index contributed by atoms with van der Waals surface area (Å²) in [6, 6.07) is 86.6. The van der Waals surface area contributed by atoms with Gasteiger partial charge in [-0.2, -0.15) is 0 Å².